The number of nitrogens with one attached hydrogen (secondary N) is 1. The molecule has 0 aliphatic carbocycles. The fourth-order valence-corrected chi connectivity index (χ4v) is 4.50. The smallest absolute Gasteiger partial charge is 0.174 e. The first kappa shape index (κ1) is 19.3. The Morgan fingerprint density at radius 2 is 1.71 bits per heavy atom. The Bertz CT molecular complexity index is 1220. The highest BCUT2D eigenvalue weighted by atomic mass is 32.1. The van der Waals surface area contributed by atoms with E-state index in [4.69, 9.17) is 12.2 Å². The van der Waals surface area contributed by atoms with E-state index in [1.165, 1.54) is 5.56 Å². The number of thiocarbonyl (C=S) groups is 1. The zero-order valence-electron chi connectivity index (χ0n) is 17.0. The van der Waals surface area contributed by atoms with Crippen LogP contribution in [0.25, 0.3) is 5.69 Å². The molecule has 2 N–H and O–H groups in total. The number of pyridine rings is 1. The van der Waals surface area contributed by atoms with Crippen LogP contribution in [0.2, 0.25) is 0 Å². The number of hydrogen-bond donors (Lipinski definition) is 2. The van der Waals surface area contributed by atoms with Crippen LogP contribution in [0.1, 0.15) is 29.0 Å². The molecule has 1 aliphatic heterocycles. The van der Waals surface area contributed by atoms with Gasteiger partial charge in [-0.3, -0.25) is 4.98 Å². The molecule has 1 saturated heterocycles. The Labute approximate surface area is 186 Å². The molecule has 5 rings (SSSR count). The molecule has 2 unspecified atom stereocenters. The van der Waals surface area contributed by atoms with Crippen molar-refractivity contribution in [2.75, 3.05) is 4.90 Å². The molecule has 2 aromatic heterocycles. The number of anilines is 1. The fraction of sp³-hybridized carbons (Fsp3) is 0.120. The third kappa shape index (κ3) is 3.45. The maximum absolute atomic E-state index is 10.6. The first-order valence-corrected chi connectivity index (χ1v) is 10.6. The molecule has 1 aliphatic rings. The first-order chi connectivity index (χ1) is 15.1. The Morgan fingerprint density at radius 1 is 0.935 bits per heavy atom. The van der Waals surface area contributed by atoms with Gasteiger partial charge in [0.15, 0.2) is 5.11 Å². The number of para-hydroxylation sites is 2. The summed E-state index contributed by atoms with van der Waals surface area (Å²) in [6.45, 7) is 2.08. The fourth-order valence-electron chi connectivity index (χ4n) is 4.16. The minimum absolute atomic E-state index is 0.174. The van der Waals surface area contributed by atoms with Gasteiger partial charge in [-0.2, -0.15) is 0 Å². The lowest BCUT2D eigenvalue weighted by Crippen LogP contribution is -2.30. The third-order valence-electron chi connectivity index (χ3n) is 5.63. The largest absolute Gasteiger partial charge is 0.506 e. The summed E-state index contributed by atoms with van der Waals surface area (Å²) in [5.74, 6) is 0.187. The third-order valence-corrected chi connectivity index (χ3v) is 5.95. The van der Waals surface area contributed by atoms with Crippen LogP contribution in [0, 0.1) is 6.92 Å². The zero-order valence-corrected chi connectivity index (χ0v) is 17.8. The van der Waals surface area contributed by atoms with Crippen LogP contribution in [-0.2, 0) is 0 Å². The Morgan fingerprint density at radius 3 is 2.45 bits per heavy atom. The van der Waals surface area contributed by atoms with Gasteiger partial charge in [0.25, 0.3) is 0 Å². The van der Waals surface area contributed by atoms with E-state index in [1.54, 1.807) is 12.3 Å². The van der Waals surface area contributed by atoms with E-state index in [0.717, 1.165) is 17.1 Å². The molecule has 0 radical (unpaired) electrons. The quantitative estimate of drug-likeness (QED) is 0.447. The van der Waals surface area contributed by atoms with Crippen molar-refractivity contribution in [2.45, 2.75) is 19.0 Å². The molecule has 1 fully saturated rings. The van der Waals surface area contributed by atoms with Gasteiger partial charge in [0.1, 0.15) is 11.8 Å². The molecular formula is C25H22N4OS. The average Bonchev–Trinajstić information content (AvgIpc) is 3.40. The van der Waals surface area contributed by atoms with Gasteiger partial charge in [0, 0.05) is 23.8 Å². The van der Waals surface area contributed by atoms with E-state index in [2.05, 4.69) is 58.3 Å². The average molecular weight is 427 g/mol. The van der Waals surface area contributed by atoms with Crippen LogP contribution in [0.5, 0.6) is 5.75 Å². The van der Waals surface area contributed by atoms with Crippen LogP contribution < -0.4 is 10.2 Å². The number of aryl methyl sites for hydroxylation is 1. The highest BCUT2D eigenvalue weighted by molar-refractivity contribution is 7.80. The Hall–Kier alpha value is -3.64. The predicted octanol–water partition coefficient (Wildman–Crippen LogP) is 5.06. The second-order valence-corrected chi connectivity index (χ2v) is 8.01. The monoisotopic (exact) mass is 426 g/mol. The lowest BCUT2D eigenvalue weighted by molar-refractivity contribution is 0.472. The van der Waals surface area contributed by atoms with E-state index in [1.807, 2.05) is 47.4 Å². The van der Waals surface area contributed by atoms with Crippen molar-refractivity contribution >= 4 is 23.0 Å². The molecule has 2 atom stereocenters. The summed E-state index contributed by atoms with van der Waals surface area (Å²) in [4.78, 5) is 6.59. The highest BCUT2D eigenvalue weighted by Crippen LogP contribution is 2.44. The summed E-state index contributed by atoms with van der Waals surface area (Å²) >= 11 is 5.75. The van der Waals surface area contributed by atoms with Gasteiger partial charge in [-0.25, -0.2) is 0 Å². The molecule has 154 valence electrons. The molecule has 0 spiro atoms. The van der Waals surface area contributed by atoms with Crippen molar-refractivity contribution in [1.29, 1.82) is 0 Å². The molecule has 3 heterocycles. The minimum atomic E-state index is -0.202. The summed E-state index contributed by atoms with van der Waals surface area (Å²) in [6, 6.07) is 25.4. The van der Waals surface area contributed by atoms with Crippen LogP contribution in [0.3, 0.4) is 0 Å². The molecule has 4 aromatic rings. The van der Waals surface area contributed by atoms with Crippen LogP contribution in [-0.4, -0.2) is 19.8 Å². The van der Waals surface area contributed by atoms with Crippen LogP contribution >= 0.6 is 12.2 Å². The molecule has 6 heteroatoms. The van der Waals surface area contributed by atoms with E-state index in [-0.39, 0.29) is 17.8 Å². The molecule has 2 aromatic carbocycles. The normalized spacial score (nSPS) is 18.2. The summed E-state index contributed by atoms with van der Waals surface area (Å²) in [6.07, 6.45) is 3.85. The minimum Gasteiger partial charge on any atom is -0.506 e. The molecular weight excluding hydrogens is 404 g/mol. The highest BCUT2D eigenvalue weighted by Gasteiger charge is 2.42. The van der Waals surface area contributed by atoms with Gasteiger partial charge in [-0.05, 0) is 67.7 Å². The van der Waals surface area contributed by atoms with Crippen molar-refractivity contribution in [2.24, 2.45) is 0 Å². The SMILES string of the molecule is Cc1ccc(-n2cccc2C2C(c3ccccn3)NC(=S)N2c2ccccc2O)cc1. The van der Waals surface area contributed by atoms with E-state index < -0.39 is 0 Å². The van der Waals surface area contributed by atoms with Gasteiger partial charge in [0.2, 0.25) is 0 Å². The summed E-state index contributed by atoms with van der Waals surface area (Å²) in [5.41, 5.74) is 4.89. The van der Waals surface area contributed by atoms with Crippen molar-refractivity contribution < 1.29 is 5.11 Å². The van der Waals surface area contributed by atoms with Gasteiger partial charge in [-0.1, -0.05) is 35.9 Å². The maximum atomic E-state index is 10.6. The topological polar surface area (TPSA) is 53.3 Å². The number of benzene rings is 2. The van der Waals surface area contributed by atoms with Crippen LogP contribution in [0.4, 0.5) is 5.69 Å². The zero-order chi connectivity index (χ0) is 21.4. The first-order valence-electron chi connectivity index (χ1n) is 10.2. The molecule has 5 nitrogen and oxygen atoms in total. The number of nitrogens with zero attached hydrogens (tertiary/aromatic N) is 3. The predicted molar refractivity (Wildman–Crippen MR) is 127 cm³/mol. The number of phenolic OH excluding ortho intramolecular Hbond substituents is 1. The van der Waals surface area contributed by atoms with Crippen molar-refractivity contribution in [1.82, 2.24) is 14.9 Å². The number of phenols is 1. The van der Waals surface area contributed by atoms with E-state index >= 15 is 0 Å². The molecule has 0 amide bonds. The van der Waals surface area contributed by atoms with Crippen molar-refractivity contribution in [3.05, 3.63) is 108 Å². The summed E-state index contributed by atoms with van der Waals surface area (Å²) < 4.78 is 2.17. The summed E-state index contributed by atoms with van der Waals surface area (Å²) in [5, 5.41) is 14.6. The van der Waals surface area contributed by atoms with Gasteiger partial charge in [0.05, 0.1) is 17.4 Å². The molecule has 0 saturated carbocycles. The Balaban J connectivity index is 1.68. The number of aromatic hydroxyl groups is 1. The second-order valence-electron chi connectivity index (χ2n) is 7.62. The van der Waals surface area contributed by atoms with Crippen molar-refractivity contribution in [3.63, 3.8) is 0 Å². The van der Waals surface area contributed by atoms with Gasteiger partial charge >= 0.3 is 0 Å². The lowest BCUT2D eigenvalue weighted by atomic mass is 10.0. The number of rotatable bonds is 4. The lowest BCUT2D eigenvalue weighted by Gasteiger charge is -2.29. The number of aromatic nitrogens is 2. The second kappa shape index (κ2) is 7.89. The van der Waals surface area contributed by atoms with E-state index in [0.29, 0.717) is 10.8 Å². The maximum Gasteiger partial charge on any atom is 0.174 e. The molecule has 31 heavy (non-hydrogen) atoms. The van der Waals surface area contributed by atoms with E-state index in [9.17, 15) is 5.11 Å². The van der Waals surface area contributed by atoms with Crippen molar-refractivity contribution in [3.8, 4) is 11.4 Å². The number of hydrogen-bond acceptors (Lipinski definition) is 3. The van der Waals surface area contributed by atoms with Gasteiger partial charge < -0.3 is 19.9 Å². The Kier molecular flexibility index (Phi) is 4.92. The van der Waals surface area contributed by atoms with Gasteiger partial charge in [-0.15, -0.1) is 0 Å². The standard InChI is InChI=1S/C25H22N4OS/c1-17-11-13-18(14-12-17)28-16-6-9-21(28)24-23(19-7-4-5-15-26-19)27-25(31)29(24)20-8-2-3-10-22(20)30/h2-16,23-24,30H,1H3,(H,27,31). The van der Waals surface area contributed by atoms with Crippen LogP contribution in [0.15, 0.2) is 91.3 Å². The summed E-state index contributed by atoms with van der Waals surface area (Å²) in [7, 11) is 0. The molecule has 0 bridgehead atoms.